The summed E-state index contributed by atoms with van der Waals surface area (Å²) in [6, 6.07) is 0.468. The van der Waals surface area contributed by atoms with Crippen molar-refractivity contribution in [3.63, 3.8) is 0 Å². The van der Waals surface area contributed by atoms with E-state index in [4.69, 9.17) is 4.74 Å². The minimum Gasteiger partial charge on any atom is -0.465 e. The van der Waals surface area contributed by atoms with Crippen LogP contribution in [0.5, 0.6) is 0 Å². The lowest BCUT2D eigenvalue weighted by Crippen LogP contribution is -2.31. The third kappa shape index (κ3) is 4.11. The Morgan fingerprint density at radius 2 is 2.47 bits per heavy atom. The molecule has 1 atom stereocenters. The van der Waals surface area contributed by atoms with Crippen LogP contribution in [0.2, 0.25) is 0 Å². The van der Waals surface area contributed by atoms with Crippen molar-refractivity contribution in [2.45, 2.75) is 26.8 Å². The number of thioether (sulfide) groups is 1. The van der Waals surface area contributed by atoms with E-state index in [2.05, 4.69) is 24.2 Å². The molecule has 1 rings (SSSR count). The Kier molecular flexibility index (Phi) is 4.94. The number of aliphatic imine (C=N–C) groups is 1. The molecule has 0 radical (unpaired) electrons. The molecule has 0 aliphatic carbocycles. The van der Waals surface area contributed by atoms with Gasteiger partial charge in [-0.05, 0) is 12.8 Å². The maximum atomic E-state index is 11.0. The zero-order chi connectivity index (χ0) is 11.3. The Balaban J connectivity index is 2.33. The van der Waals surface area contributed by atoms with Gasteiger partial charge in [-0.25, -0.2) is 0 Å². The molecule has 1 heterocycles. The lowest BCUT2D eigenvalue weighted by atomic mass is 10.1. The normalized spacial score (nSPS) is 23.2. The van der Waals surface area contributed by atoms with Crippen molar-refractivity contribution in [3.8, 4) is 0 Å². The van der Waals surface area contributed by atoms with Gasteiger partial charge in [-0.2, -0.15) is 0 Å². The van der Waals surface area contributed by atoms with Crippen LogP contribution in [0, 0.1) is 5.92 Å². The topological polar surface area (TPSA) is 50.7 Å². The molecule has 0 aromatic rings. The van der Waals surface area contributed by atoms with Gasteiger partial charge >= 0.3 is 5.97 Å². The van der Waals surface area contributed by atoms with Crippen molar-refractivity contribution in [2.75, 3.05) is 18.9 Å². The summed E-state index contributed by atoms with van der Waals surface area (Å²) >= 11 is 1.67. The van der Waals surface area contributed by atoms with Gasteiger partial charge in [0, 0.05) is 11.8 Å². The molecule has 0 bridgehead atoms. The molecular weight excluding hydrogens is 212 g/mol. The molecule has 4 nitrogen and oxygen atoms in total. The largest absolute Gasteiger partial charge is 0.465 e. The molecule has 0 amide bonds. The van der Waals surface area contributed by atoms with Crippen LogP contribution < -0.4 is 5.32 Å². The number of carbonyl (C=O) groups is 1. The number of esters is 1. The van der Waals surface area contributed by atoms with Crippen LogP contribution in [0.4, 0.5) is 0 Å². The summed E-state index contributed by atoms with van der Waals surface area (Å²) in [7, 11) is 0. The van der Waals surface area contributed by atoms with E-state index in [9.17, 15) is 4.79 Å². The predicted octanol–water partition coefficient (Wildman–Crippen LogP) is 1.27. The number of carbonyl (C=O) groups excluding carboxylic acids is 1. The van der Waals surface area contributed by atoms with E-state index in [0.29, 0.717) is 18.6 Å². The van der Waals surface area contributed by atoms with Gasteiger partial charge in [-0.3, -0.25) is 9.79 Å². The van der Waals surface area contributed by atoms with Gasteiger partial charge in [0.25, 0.3) is 0 Å². The van der Waals surface area contributed by atoms with Gasteiger partial charge in [0.05, 0.1) is 6.61 Å². The molecule has 0 saturated carbocycles. The lowest BCUT2D eigenvalue weighted by molar-refractivity contribution is -0.141. The van der Waals surface area contributed by atoms with Gasteiger partial charge in [-0.1, -0.05) is 25.6 Å². The van der Waals surface area contributed by atoms with Crippen LogP contribution >= 0.6 is 11.8 Å². The molecule has 0 aromatic carbocycles. The van der Waals surface area contributed by atoms with E-state index in [1.807, 2.05) is 0 Å². The second-order valence-electron chi connectivity index (χ2n) is 3.73. The zero-order valence-corrected chi connectivity index (χ0v) is 10.3. The molecule has 0 aromatic heterocycles. The summed E-state index contributed by atoms with van der Waals surface area (Å²) in [6.07, 6.45) is 0. The second kappa shape index (κ2) is 6.00. The van der Waals surface area contributed by atoms with Gasteiger partial charge in [-0.15, -0.1) is 0 Å². The third-order valence-electron chi connectivity index (χ3n) is 2.17. The SMILES string of the molecule is CCOC(=O)CN=C1N[C@@H](C(C)C)CS1. The molecule has 15 heavy (non-hydrogen) atoms. The highest BCUT2D eigenvalue weighted by Crippen LogP contribution is 2.18. The van der Waals surface area contributed by atoms with E-state index in [0.717, 1.165) is 10.9 Å². The summed E-state index contributed by atoms with van der Waals surface area (Å²) in [6.45, 7) is 6.67. The van der Waals surface area contributed by atoms with Crippen LogP contribution in [0.1, 0.15) is 20.8 Å². The first kappa shape index (κ1) is 12.4. The predicted molar refractivity (Wildman–Crippen MR) is 63.2 cm³/mol. The van der Waals surface area contributed by atoms with E-state index < -0.39 is 0 Å². The van der Waals surface area contributed by atoms with Crippen LogP contribution in [0.15, 0.2) is 4.99 Å². The average Bonchev–Trinajstić information content (AvgIpc) is 2.63. The molecule has 1 aliphatic heterocycles. The van der Waals surface area contributed by atoms with Crippen molar-refractivity contribution in [1.29, 1.82) is 0 Å². The van der Waals surface area contributed by atoms with Crippen molar-refractivity contribution in [1.82, 2.24) is 5.32 Å². The second-order valence-corrected chi connectivity index (χ2v) is 4.74. The third-order valence-corrected chi connectivity index (χ3v) is 3.22. The minimum absolute atomic E-state index is 0.119. The van der Waals surface area contributed by atoms with E-state index in [-0.39, 0.29) is 12.5 Å². The highest BCUT2D eigenvalue weighted by Gasteiger charge is 2.22. The maximum absolute atomic E-state index is 11.0. The van der Waals surface area contributed by atoms with Gasteiger partial charge in [0.1, 0.15) is 6.54 Å². The van der Waals surface area contributed by atoms with Crippen LogP contribution in [0.3, 0.4) is 0 Å². The fraction of sp³-hybridized carbons (Fsp3) is 0.800. The number of hydrogen-bond donors (Lipinski definition) is 1. The summed E-state index contributed by atoms with van der Waals surface area (Å²) in [4.78, 5) is 15.2. The van der Waals surface area contributed by atoms with E-state index in [1.54, 1.807) is 18.7 Å². The highest BCUT2D eigenvalue weighted by atomic mass is 32.2. The van der Waals surface area contributed by atoms with Gasteiger partial charge < -0.3 is 10.1 Å². The van der Waals surface area contributed by atoms with Crippen LogP contribution in [-0.2, 0) is 9.53 Å². The summed E-state index contributed by atoms with van der Waals surface area (Å²) < 4.78 is 4.79. The smallest absolute Gasteiger partial charge is 0.327 e. The van der Waals surface area contributed by atoms with Gasteiger partial charge in [0.15, 0.2) is 5.17 Å². The minimum atomic E-state index is -0.264. The van der Waals surface area contributed by atoms with Crippen molar-refractivity contribution >= 4 is 22.9 Å². The summed E-state index contributed by atoms with van der Waals surface area (Å²) in [5.74, 6) is 1.35. The number of nitrogens with one attached hydrogen (secondary N) is 1. The number of rotatable bonds is 4. The fourth-order valence-corrected chi connectivity index (χ4v) is 2.40. The Morgan fingerprint density at radius 1 is 1.73 bits per heavy atom. The van der Waals surface area contributed by atoms with Crippen molar-refractivity contribution in [2.24, 2.45) is 10.9 Å². The molecule has 1 aliphatic rings. The van der Waals surface area contributed by atoms with E-state index in [1.165, 1.54) is 0 Å². The fourth-order valence-electron chi connectivity index (χ4n) is 1.20. The summed E-state index contributed by atoms with van der Waals surface area (Å²) in [5.41, 5.74) is 0. The standard InChI is InChI=1S/C10H18N2O2S/c1-4-14-9(13)5-11-10-12-8(6-15-10)7(2)3/h7-8H,4-6H2,1-3H3,(H,11,12)/t8-/m1/s1. The Morgan fingerprint density at radius 3 is 3.00 bits per heavy atom. The molecular formula is C10H18N2O2S. The molecule has 0 unspecified atom stereocenters. The Labute approximate surface area is 94.9 Å². The zero-order valence-electron chi connectivity index (χ0n) is 9.45. The molecule has 5 heteroatoms. The number of ether oxygens (including phenoxy) is 1. The quantitative estimate of drug-likeness (QED) is 0.739. The lowest BCUT2D eigenvalue weighted by Gasteiger charge is -2.12. The summed E-state index contributed by atoms with van der Waals surface area (Å²) in [5, 5.41) is 4.16. The Hall–Kier alpha value is -0.710. The Bertz CT molecular complexity index is 254. The monoisotopic (exact) mass is 230 g/mol. The van der Waals surface area contributed by atoms with Crippen LogP contribution in [0.25, 0.3) is 0 Å². The van der Waals surface area contributed by atoms with Crippen LogP contribution in [-0.4, -0.2) is 36.1 Å². The molecule has 1 saturated heterocycles. The highest BCUT2D eigenvalue weighted by molar-refractivity contribution is 8.14. The molecule has 0 spiro atoms. The van der Waals surface area contributed by atoms with Gasteiger partial charge in [0.2, 0.25) is 0 Å². The molecule has 1 fully saturated rings. The number of nitrogens with zero attached hydrogens (tertiary/aromatic N) is 1. The maximum Gasteiger partial charge on any atom is 0.327 e. The average molecular weight is 230 g/mol. The first-order valence-electron chi connectivity index (χ1n) is 5.23. The van der Waals surface area contributed by atoms with Crippen molar-refractivity contribution < 1.29 is 9.53 Å². The molecule has 1 N–H and O–H groups in total. The van der Waals surface area contributed by atoms with E-state index >= 15 is 0 Å². The number of hydrogen-bond acceptors (Lipinski definition) is 4. The first-order valence-corrected chi connectivity index (χ1v) is 6.21. The number of amidine groups is 1. The first-order chi connectivity index (χ1) is 7.13. The molecule has 86 valence electrons. The van der Waals surface area contributed by atoms with Crippen molar-refractivity contribution in [3.05, 3.63) is 0 Å².